The maximum absolute atomic E-state index is 11.0. The lowest BCUT2D eigenvalue weighted by Crippen LogP contribution is -2.22. The summed E-state index contributed by atoms with van der Waals surface area (Å²) >= 11 is 0. The van der Waals surface area contributed by atoms with Crippen molar-refractivity contribution in [2.24, 2.45) is 0 Å². The molecule has 0 saturated heterocycles. The van der Waals surface area contributed by atoms with Crippen LogP contribution in [0.15, 0.2) is 0 Å². The van der Waals surface area contributed by atoms with Crippen LogP contribution in [0, 0.1) is 13.8 Å². The van der Waals surface area contributed by atoms with Crippen molar-refractivity contribution in [1.29, 1.82) is 0 Å². The maximum atomic E-state index is 11.0. The van der Waals surface area contributed by atoms with Gasteiger partial charge in [0.2, 0.25) is 0 Å². The Morgan fingerprint density at radius 2 is 1.89 bits per heavy atom. The van der Waals surface area contributed by atoms with Crippen LogP contribution in [0.2, 0.25) is 0 Å². The van der Waals surface area contributed by atoms with Gasteiger partial charge < -0.3 is 5.11 Å². The van der Waals surface area contributed by atoms with Crippen LogP contribution in [-0.4, -0.2) is 21.1 Å². The summed E-state index contributed by atoms with van der Waals surface area (Å²) in [5.41, 5.74) is 5.51. The summed E-state index contributed by atoms with van der Waals surface area (Å²) in [5, 5.41) is 9.07. The van der Waals surface area contributed by atoms with Gasteiger partial charge in [-0.3, -0.25) is 9.88 Å². The molecule has 2 rings (SSSR count). The Bertz CT molecular complexity index is 516. The summed E-state index contributed by atoms with van der Waals surface area (Å²) in [6, 6.07) is 0. The van der Waals surface area contributed by atoms with E-state index in [0.717, 1.165) is 17.0 Å². The molecule has 1 aromatic rings. The molecule has 0 atom stereocenters. The Balaban J connectivity index is 2.54. The fraction of sp³-hybridized carbons (Fsp3) is 0.571. The molecule has 2 heterocycles. The lowest BCUT2D eigenvalue weighted by atomic mass is 9.81. The zero-order chi connectivity index (χ0) is 13.7. The quantitative estimate of drug-likeness (QED) is 0.768. The summed E-state index contributed by atoms with van der Waals surface area (Å²) < 4.78 is 0. The fourth-order valence-corrected chi connectivity index (χ4v) is 2.97. The van der Waals surface area contributed by atoms with Gasteiger partial charge in [0.1, 0.15) is 0 Å². The molecule has 0 unspecified atom stereocenters. The van der Waals surface area contributed by atoms with Crippen molar-refractivity contribution in [1.82, 2.24) is 9.88 Å². The fourth-order valence-electron chi connectivity index (χ4n) is 2.97. The average Bonchev–Trinajstić information content (AvgIpc) is 2.59. The maximum Gasteiger partial charge on any atom is 0.407 e. The van der Waals surface area contributed by atoms with Crippen LogP contribution in [0.25, 0.3) is 0 Å². The number of hydrogen-bond acceptors (Lipinski definition) is 2. The number of carbonyl (C=O) groups is 1. The highest BCUT2D eigenvalue weighted by molar-refractivity contribution is 5.66. The van der Waals surface area contributed by atoms with Crippen molar-refractivity contribution in [2.75, 3.05) is 0 Å². The Hall–Kier alpha value is -1.58. The molecule has 4 heteroatoms. The molecule has 98 valence electrons. The van der Waals surface area contributed by atoms with Gasteiger partial charge >= 0.3 is 6.09 Å². The minimum atomic E-state index is -0.873. The minimum Gasteiger partial charge on any atom is -0.465 e. The van der Waals surface area contributed by atoms with Crippen LogP contribution in [-0.2, 0) is 18.5 Å². The number of nitrogens with zero attached hydrogens (tertiary/aromatic N) is 2. The Morgan fingerprint density at radius 3 is 2.39 bits per heavy atom. The SMILES string of the molecule is Cc1nc2c(c(C)c1C(C)(C)C)CN(C(=O)O)C2. The zero-order valence-corrected chi connectivity index (χ0v) is 11.7. The molecule has 0 aliphatic carbocycles. The van der Waals surface area contributed by atoms with Gasteiger partial charge in [0, 0.05) is 5.69 Å². The van der Waals surface area contributed by atoms with Crippen molar-refractivity contribution in [3.63, 3.8) is 0 Å². The first-order valence-electron chi connectivity index (χ1n) is 6.19. The van der Waals surface area contributed by atoms with Gasteiger partial charge in [0.05, 0.1) is 18.8 Å². The number of rotatable bonds is 0. The van der Waals surface area contributed by atoms with Gasteiger partial charge in [-0.05, 0) is 36.0 Å². The Labute approximate surface area is 108 Å². The molecule has 0 aromatic carbocycles. The van der Waals surface area contributed by atoms with Crippen LogP contribution in [0.5, 0.6) is 0 Å². The molecule has 4 nitrogen and oxygen atoms in total. The average molecular weight is 248 g/mol. The first-order valence-corrected chi connectivity index (χ1v) is 6.19. The number of amides is 1. The lowest BCUT2D eigenvalue weighted by Gasteiger charge is -2.25. The smallest absolute Gasteiger partial charge is 0.407 e. The van der Waals surface area contributed by atoms with E-state index in [-0.39, 0.29) is 5.41 Å². The van der Waals surface area contributed by atoms with Gasteiger partial charge in [0.25, 0.3) is 0 Å². The molecule has 1 aliphatic heterocycles. The summed E-state index contributed by atoms with van der Waals surface area (Å²) in [5.74, 6) is 0. The highest BCUT2D eigenvalue weighted by Gasteiger charge is 2.30. The molecule has 1 amide bonds. The van der Waals surface area contributed by atoms with Gasteiger partial charge in [-0.25, -0.2) is 4.79 Å². The van der Waals surface area contributed by atoms with Crippen molar-refractivity contribution >= 4 is 6.09 Å². The predicted molar refractivity (Wildman–Crippen MR) is 69.7 cm³/mol. The first kappa shape index (κ1) is 12.9. The zero-order valence-electron chi connectivity index (χ0n) is 11.7. The van der Waals surface area contributed by atoms with E-state index in [9.17, 15) is 4.79 Å². The first-order chi connectivity index (χ1) is 8.21. The molecular weight excluding hydrogens is 228 g/mol. The summed E-state index contributed by atoms with van der Waals surface area (Å²) in [6.07, 6.45) is -0.873. The minimum absolute atomic E-state index is 0.0346. The number of hydrogen-bond donors (Lipinski definition) is 1. The second kappa shape index (κ2) is 3.97. The summed E-state index contributed by atoms with van der Waals surface area (Å²) in [6.45, 7) is 11.5. The molecule has 1 aliphatic rings. The van der Waals surface area contributed by atoms with Crippen molar-refractivity contribution in [2.45, 2.75) is 53.1 Å². The predicted octanol–water partition coefficient (Wildman–Crippen LogP) is 2.99. The van der Waals surface area contributed by atoms with E-state index >= 15 is 0 Å². The van der Waals surface area contributed by atoms with E-state index in [4.69, 9.17) is 5.11 Å². The summed E-state index contributed by atoms with van der Waals surface area (Å²) in [4.78, 5) is 17.1. The molecule has 0 spiro atoms. The standard InChI is InChI=1S/C14H20N2O2/c1-8-10-6-16(13(17)18)7-11(10)15-9(2)12(8)14(3,4)5/h6-7H2,1-5H3,(H,17,18). The molecule has 0 saturated carbocycles. The third kappa shape index (κ3) is 1.96. The molecule has 1 N–H and O–H groups in total. The monoisotopic (exact) mass is 248 g/mol. The van der Waals surface area contributed by atoms with Crippen LogP contribution < -0.4 is 0 Å². The van der Waals surface area contributed by atoms with E-state index in [2.05, 4.69) is 32.7 Å². The number of pyridine rings is 1. The second-order valence-corrected chi connectivity index (χ2v) is 6.01. The van der Waals surface area contributed by atoms with Crippen LogP contribution in [0.4, 0.5) is 4.79 Å². The van der Waals surface area contributed by atoms with Crippen molar-refractivity contribution in [3.05, 3.63) is 28.1 Å². The van der Waals surface area contributed by atoms with Crippen LogP contribution in [0.3, 0.4) is 0 Å². The van der Waals surface area contributed by atoms with Crippen LogP contribution in [0.1, 0.15) is 48.8 Å². The second-order valence-electron chi connectivity index (χ2n) is 6.01. The summed E-state index contributed by atoms with van der Waals surface area (Å²) in [7, 11) is 0. The van der Waals surface area contributed by atoms with E-state index in [1.165, 1.54) is 16.0 Å². The van der Waals surface area contributed by atoms with Gasteiger partial charge in [0.15, 0.2) is 0 Å². The van der Waals surface area contributed by atoms with Gasteiger partial charge in [-0.15, -0.1) is 0 Å². The third-order valence-corrected chi connectivity index (χ3v) is 3.55. The molecule has 1 aromatic heterocycles. The molecular formula is C14H20N2O2. The Morgan fingerprint density at radius 1 is 1.28 bits per heavy atom. The number of fused-ring (bicyclic) bond motifs is 1. The van der Waals surface area contributed by atoms with E-state index < -0.39 is 6.09 Å². The Kier molecular flexibility index (Phi) is 2.84. The largest absolute Gasteiger partial charge is 0.465 e. The highest BCUT2D eigenvalue weighted by Crippen LogP contribution is 2.34. The van der Waals surface area contributed by atoms with Crippen molar-refractivity contribution in [3.8, 4) is 0 Å². The van der Waals surface area contributed by atoms with Crippen molar-refractivity contribution < 1.29 is 9.90 Å². The highest BCUT2D eigenvalue weighted by atomic mass is 16.4. The molecule has 0 radical (unpaired) electrons. The topological polar surface area (TPSA) is 53.4 Å². The lowest BCUT2D eigenvalue weighted by molar-refractivity contribution is 0.145. The van der Waals surface area contributed by atoms with E-state index in [1.54, 1.807) is 0 Å². The number of aromatic nitrogens is 1. The van der Waals surface area contributed by atoms with Gasteiger partial charge in [-0.1, -0.05) is 20.8 Å². The molecule has 18 heavy (non-hydrogen) atoms. The number of aryl methyl sites for hydroxylation is 1. The number of carboxylic acid groups (broad SMARTS) is 1. The normalized spacial score (nSPS) is 14.8. The van der Waals surface area contributed by atoms with E-state index in [1.807, 2.05) is 6.92 Å². The molecule has 0 bridgehead atoms. The third-order valence-electron chi connectivity index (χ3n) is 3.55. The van der Waals surface area contributed by atoms with Gasteiger partial charge in [-0.2, -0.15) is 0 Å². The van der Waals surface area contributed by atoms with E-state index in [0.29, 0.717) is 13.1 Å². The van der Waals surface area contributed by atoms with Crippen LogP contribution >= 0.6 is 0 Å². The molecule has 0 fully saturated rings.